The molecule has 0 radical (unpaired) electrons. The molecule has 6 heteroatoms. The van der Waals surface area contributed by atoms with Crippen molar-refractivity contribution in [3.05, 3.63) is 24.3 Å². The fourth-order valence-corrected chi connectivity index (χ4v) is 1.61. The molecule has 1 aromatic carbocycles. The Morgan fingerprint density at radius 2 is 1.95 bits per heavy atom. The van der Waals surface area contributed by atoms with Gasteiger partial charge in [0.1, 0.15) is 5.75 Å². The van der Waals surface area contributed by atoms with Crippen LogP contribution in [0.15, 0.2) is 29.3 Å². The highest BCUT2D eigenvalue weighted by Crippen LogP contribution is 2.15. The van der Waals surface area contributed by atoms with Crippen molar-refractivity contribution in [1.29, 1.82) is 0 Å². The summed E-state index contributed by atoms with van der Waals surface area (Å²) >= 11 is 0. The molecule has 6 nitrogen and oxygen atoms in total. The Hall–Kier alpha value is -1.79. The molecule has 0 saturated carbocycles. The van der Waals surface area contributed by atoms with Crippen molar-refractivity contribution in [3.63, 3.8) is 0 Å². The van der Waals surface area contributed by atoms with Crippen LogP contribution in [-0.4, -0.2) is 32.3 Å². The smallest absolute Gasteiger partial charge is 0.210 e. The van der Waals surface area contributed by atoms with Crippen molar-refractivity contribution in [2.75, 3.05) is 31.7 Å². The van der Waals surface area contributed by atoms with Gasteiger partial charge in [-0.15, -0.1) is 0 Å². The van der Waals surface area contributed by atoms with Crippen molar-refractivity contribution in [2.45, 2.75) is 26.7 Å². The van der Waals surface area contributed by atoms with Gasteiger partial charge in [-0.1, -0.05) is 6.92 Å². The van der Waals surface area contributed by atoms with Gasteiger partial charge in [-0.3, -0.25) is 10.4 Å². The summed E-state index contributed by atoms with van der Waals surface area (Å²) in [5.41, 5.74) is 3.46. The average molecular weight is 294 g/mol. The standard InChI is InChI=1S/C15H26N4O2/c1-3-11-21-14-8-6-13(7-9-14)18-15(19-16)17-10-5-12-20-4-2/h6-9H,3-5,10-12,16H2,1-2H3,(H2,17,18,19). The van der Waals surface area contributed by atoms with Crippen molar-refractivity contribution in [3.8, 4) is 5.75 Å². The van der Waals surface area contributed by atoms with Crippen LogP contribution in [-0.2, 0) is 4.74 Å². The summed E-state index contributed by atoms with van der Waals surface area (Å²) in [6, 6.07) is 7.69. The minimum Gasteiger partial charge on any atom is -0.494 e. The zero-order valence-electron chi connectivity index (χ0n) is 12.9. The van der Waals surface area contributed by atoms with E-state index in [1.165, 1.54) is 0 Å². The van der Waals surface area contributed by atoms with Crippen LogP contribution in [0.25, 0.3) is 0 Å². The summed E-state index contributed by atoms with van der Waals surface area (Å²) in [4.78, 5) is 4.34. The second kappa shape index (κ2) is 10.9. The van der Waals surface area contributed by atoms with Crippen molar-refractivity contribution in [2.24, 2.45) is 10.8 Å². The van der Waals surface area contributed by atoms with Gasteiger partial charge in [-0.2, -0.15) is 0 Å². The number of nitrogens with one attached hydrogen (secondary N) is 2. The van der Waals surface area contributed by atoms with Crippen LogP contribution >= 0.6 is 0 Å². The molecule has 1 rings (SSSR count). The van der Waals surface area contributed by atoms with Crippen LogP contribution in [0.5, 0.6) is 5.75 Å². The second-order valence-corrected chi connectivity index (χ2v) is 4.42. The second-order valence-electron chi connectivity index (χ2n) is 4.42. The summed E-state index contributed by atoms with van der Waals surface area (Å²) in [5.74, 6) is 6.85. The number of guanidine groups is 1. The lowest BCUT2D eigenvalue weighted by Crippen LogP contribution is -2.36. The fraction of sp³-hybridized carbons (Fsp3) is 0.533. The lowest BCUT2D eigenvalue weighted by atomic mass is 10.3. The highest BCUT2D eigenvalue weighted by molar-refractivity contribution is 5.93. The Balaban J connectivity index is 2.43. The average Bonchev–Trinajstić information content (AvgIpc) is 2.52. The van der Waals surface area contributed by atoms with Crippen LogP contribution in [0.2, 0.25) is 0 Å². The molecular formula is C15H26N4O2. The molecule has 0 amide bonds. The molecule has 4 N–H and O–H groups in total. The number of benzene rings is 1. The molecule has 0 saturated heterocycles. The number of ether oxygens (including phenoxy) is 2. The van der Waals surface area contributed by atoms with Gasteiger partial charge in [0.15, 0.2) is 0 Å². The third-order valence-corrected chi connectivity index (χ3v) is 2.65. The summed E-state index contributed by atoms with van der Waals surface area (Å²) in [6.07, 6.45) is 1.86. The van der Waals surface area contributed by atoms with E-state index < -0.39 is 0 Å². The zero-order chi connectivity index (χ0) is 15.3. The van der Waals surface area contributed by atoms with E-state index >= 15 is 0 Å². The van der Waals surface area contributed by atoms with Crippen LogP contribution in [0.1, 0.15) is 26.7 Å². The highest BCUT2D eigenvalue weighted by Gasteiger charge is 1.99. The third kappa shape index (κ3) is 7.53. The number of hydrogen-bond acceptors (Lipinski definition) is 4. The van der Waals surface area contributed by atoms with Crippen molar-refractivity contribution >= 4 is 11.6 Å². The first-order chi connectivity index (χ1) is 10.3. The van der Waals surface area contributed by atoms with E-state index in [4.69, 9.17) is 15.3 Å². The van der Waals surface area contributed by atoms with E-state index in [-0.39, 0.29) is 0 Å². The predicted octanol–water partition coefficient (Wildman–Crippen LogP) is 2.13. The number of rotatable bonds is 9. The monoisotopic (exact) mass is 294 g/mol. The van der Waals surface area contributed by atoms with E-state index in [1.807, 2.05) is 31.2 Å². The molecule has 118 valence electrons. The third-order valence-electron chi connectivity index (χ3n) is 2.65. The number of nitrogens with zero attached hydrogens (tertiary/aromatic N) is 1. The maximum absolute atomic E-state index is 5.53. The minimum absolute atomic E-state index is 0.536. The molecule has 0 heterocycles. The van der Waals surface area contributed by atoms with E-state index in [9.17, 15) is 0 Å². The van der Waals surface area contributed by atoms with E-state index in [0.717, 1.165) is 37.5 Å². The summed E-state index contributed by atoms with van der Waals surface area (Å²) < 4.78 is 10.8. The van der Waals surface area contributed by atoms with Crippen LogP contribution in [0.3, 0.4) is 0 Å². The predicted molar refractivity (Wildman–Crippen MR) is 86.6 cm³/mol. The van der Waals surface area contributed by atoms with Gasteiger partial charge in [0.25, 0.3) is 0 Å². The molecule has 0 aliphatic heterocycles. The van der Waals surface area contributed by atoms with Crippen molar-refractivity contribution < 1.29 is 9.47 Å². The lowest BCUT2D eigenvalue weighted by molar-refractivity contribution is 0.146. The molecule has 0 aliphatic rings. The zero-order valence-corrected chi connectivity index (χ0v) is 12.9. The number of nitrogens with two attached hydrogens (primary N) is 1. The highest BCUT2D eigenvalue weighted by atomic mass is 16.5. The Morgan fingerprint density at radius 3 is 2.57 bits per heavy atom. The molecule has 1 aromatic rings. The van der Waals surface area contributed by atoms with E-state index in [2.05, 4.69) is 22.7 Å². The Morgan fingerprint density at radius 1 is 1.19 bits per heavy atom. The van der Waals surface area contributed by atoms with Gasteiger partial charge < -0.3 is 14.8 Å². The van der Waals surface area contributed by atoms with Crippen LogP contribution in [0.4, 0.5) is 5.69 Å². The number of aliphatic imine (C=N–C) groups is 1. The van der Waals surface area contributed by atoms with Gasteiger partial charge >= 0.3 is 0 Å². The number of hydrogen-bond donors (Lipinski definition) is 3. The van der Waals surface area contributed by atoms with Gasteiger partial charge in [0.05, 0.1) is 6.61 Å². The summed E-state index contributed by atoms with van der Waals surface area (Å²) in [6.45, 7) is 6.88. The molecule has 0 spiro atoms. The maximum Gasteiger partial charge on any atom is 0.210 e. The van der Waals surface area contributed by atoms with Crippen molar-refractivity contribution in [1.82, 2.24) is 5.43 Å². The molecule has 0 bridgehead atoms. The first kappa shape index (κ1) is 17.3. The van der Waals surface area contributed by atoms with Gasteiger partial charge in [-0.05, 0) is 44.0 Å². The summed E-state index contributed by atoms with van der Waals surface area (Å²) in [7, 11) is 0. The van der Waals surface area contributed by atoms with Crippen LogP contribution in [0, 0.1) is 0 Å². The van der Waals surface area contributed by atoms with E-state index in [0.29, 0.717) is 19.1 Å². The molecule has 0 fully saturated rings. The molecular weight excluding hydrogens is 268 g/mol. The van der Waals surface area contributed by atoms with Crippen LogP contribution < -0.4 is 21.3 Å². The molecule has 0 aliphatic carbocycles. The Labute approximate surface area is 126 Å². The first-order valence-corrected chi connectivity index (χ1v) is 7.38. The van der Waals surface area contributed by atoms with Gasteiger partial charge in [0, 0.05) is 25.4 Å². The number of hydrazine groups is 1. The molecule has 0 unspecified atom stereocenters. The fourth-order valence-electron chi connectivity index (χ4n) is 1.61. The van der Waals surface area contributed by atoms with Gasteiger partial charge in [0.2, 0.25) is 5.96 Å². The quantitative estimate of drug-likeness (QED) is 0.214. The SMILES string of the molecule is CCCOc1ccc(NC(=NCCCOCC)NN)cc1. The number of anilines is 1. The topological polar surface area (TPSA) is 80.9 Å². The Bertz CT molecular complexity index is 407. The minimum atomic E-state index is 0.536. The first-order valence-electron chi connectivity index (χ1n) is 7.38. The van der Waals surface area contributed by atoms with E-state index in [1.54, 1.807) is 0 Å². The largest absolute Gasteiger partial charge is 0.494 e. The van der Waals surface area contributed by atoms with Gasteiger partial charge in [-0.25, -0.2) is 5.84 Å². The normalized spacial score (nSPS) is 11.3. The Kier molecular flexibility index (Phi) is 8.99. The molecule has 0 aromatic heterocycles. The molecule has 21 heavy (non-hydrogen) atoms. The maximum atomic E-state index is 5.53. The molecule has 0 atom stereocenters. The summed E-state index contributed by atoms with van der Waals surface area (Å²) in [5, 5.41) is 3.12. The lowest BCUT2D eigenvalue weighted by Gasteiger charge is -2.10.